The number of rotatable bonds is 3. The van der Waals surface area contributed by atoms with E-state index in [1.54, 1.807) is 11.3 Å². The summed E-state index contributed by atoms with van der Waals surface area (Å²) in [7, 11) is 0. The molecule has 1 aromatic heterocycles. The standard InChI is InChI=1S/C17H20N4OS.C2HF3O2/c1-10-16(11-4-5-14-12(7-11)8-15(22)20-14)21-17(23-10)19-13-3-2-6-18-9-13;3-2(4,5)1(6)7/h4-5,7,13,18H,2-3,6,8-9H2,1H3,(H,19,21)(H,20,22);(H,6,7). The number of thiazole rings is 1. The molecule has 11 heteroatoms. The van der Waals surface area contributed by atoms with E-state index in [1.807, 2.05) is 12.1 Å². The Morgan fingerprint density at radius 1 is 1.37 bits per heavy atom. The van der Waals surface area contributed by atoms with Gasteiger partial charge in [0.2, 0.25) is 5.91 Å². The number of hydrogen-bond acceptors (Lipinski definition) is 6. The van der Waals surface area contributed by atoms with Crippen molar-refractivity contribution in [2.24, 2.45) is 0 Å². The lowest BCUT2D eigenvalue weighted by Crippen LogP contribution is -2.38. The minimum Gasteiger partial charge on any atom is -0.475 e. The molecule has 0 aliphatic carbocycles. The number of piperidine rings is 1. The topological polar surface area (TPSA) is 103 Å². The average molecular weight is 442 g/mol. The van der Waals surface area contributed by atoms with Gasteiger partial charge in [0.25, 0.3) is 0 Å². The zero-order valence-electron chi connectivity index (χ0n) is 16.1. The lowest BCUT2D eigenvalue weighted by atomic mass is 10.1. The van der Waals surface area contributed by atoms with Crippen LogP contribution in [0.4, 0.5) is 24.0 Å². The van der Waals surface area contributed by atoms with Gasteiger partial charge in [-0.15, -0.1) is 11.3 Å². The number of alkyl halides is 3. The molecule has 1 fully saturated rings. The largest absolute Gasteiger partial charge is 0.490 e. The molecule has 2 aliphatic rings. The van der Waals surface area contributed by atoms with Crippen molar-refractivity contribution in [3.63, 3.8) is 0 Å². The zero-order valence-corrected chi connectivity index (χ0v) is 16.9. The van der Waals surface area contributed by atoms with E-state index in [4.69, 9.17) is 14.9 Å². The first-order valence-corrected chi connectivity index (χ1v) is 10.1. The van der Waals surface area contributed by atoms with Crippen LogP contribution in [-0.2, 0) is 16.0 Å². The maximum Gasteiger partial charge on any atom is 0.490 e. The molecule has 0 saturated carbocycles. The molecule has 3 heterocycles. The van der Waals surface area contributed by atoms with Crippen LogP contribution in [0.5, 0.6) is 0 Å². The van der Waals surface area contributed by atoms with Gasteiger partial charge in [-0.05, 0) is 44.0 Å². The van der Waals surface area contributed by atoms with Gasteiger partial charge in [0.05, 0.1) is 12.1 Å². The van der Waals surface area contributed by atoms with Gasteiger partial charge in [0.15, 0.2) is 5.13 Å². The van der Waals surface area contributed by atoms with E-state index in [9.17, 15) is 18.0 Å². The van der Waals surface area contributed by atoms with E-state index in [0.29, 0.717) is 12.5 Å². The normalized spacial score (nSPS) is 18.1. The van der Waals surface area contributed by atoms with E-state index in [0.717, 1.165) is 40.7 Å². The summed E-state index contributed by atoms with van der Waals surface area (Å²) in [6.07, 6.45) is -2.22. The Kier molecular flexibility index (Phi) is 6.61. The third kappa shape index (κ3) is 5.48. The second-order valence-electron chi connectivity index (χ2n) is 7.01. The molecular formula is C19H21F3N4O3S. The van der Waals surface area contributed by atoms with Gasteiger partial charge >= 0.3 is 12.1 Å². The molecule has 2 aromatic rings. The third-order valence-corrected chi connectivity index (χ3v) is 5.57. The Morgan fingerprint density at radius 3 is 2.73 bits per heavy atom. The number of aromatic nitrogens is 1. The molecule has 4 rings (SSSR count). The minimum atomic E-state index is -5.08. The predicted octanol–water partition coefficient (Wildman–Crippen LogP) is 3.41. The van der Waals surface area contributed by atoms with Gasteiger partial charge in [0.1, 0.15) is 0 Å². The number of carbonyl (C=O) groups is 2. The van der Waals surface area contributed by atoms with Crippen LogP contribution in [-0.4, -0.2) is 47.3 Å². The van der Waals surface area contributed by atoms with E-state index >= 15 is 0 Å². The number of nitrogens with zero attached hydrogens (tertiary/aromatic N) is 1. The molecule has 4 N–H and O–H groups in total. The van der Waals surface area contributed by atoms with Gasteiger partial charge in [-0.2, -0.15) is 13.2 Å². The summed E-state index contributed by atoms with van der Waals surface area (Å²) in [5.74, 6) is -2.69. The van der Waals surface area contributed by atoms with Crippen LogP contribution >= 0.6 is 11.3 Å². The fourth-order valence-corrected chi connectivity index (χ4v) is 4.16. The van der Waals surface area contributed by atoms with Crippen LogP contribution in [0.25, 0.3) is 11.3 Å². The molecule has 1 unspecified atom stereocenters. The summed E-state index contributed by atoms with van der Waals surface area (Å²) in [6, 6.07) is 6.57. The number of hydrogen-bond donors (Lipinski definition) is 4. The Hall–Kier alpha value is -2.66. The second kappa shape index (κ2) is 9.00. The van der Waals surface area contributed by atoms with Gasteiger partial charge in [-0.3, -0.25) is 4.79 Å². The number of aryl methyl sites for hydroxylation is 1. The molecule has 1 saturated heterocycles. The molecule has 1 amide bonds. The smallest absolute Gasteiger partial charge is 0.475 e. The van der Waals surface area contributed by atoms with E-state index in [2.05, 4.69) is 28.9 Å². The average Bonchev–Trinajstić information content (AvgIpc) is 3.22. The first-order valence-electron chi connectivity index (χ1n) is 9.31. The minimum absolute atomic E-state index is 0.0688. The van der Waals surface area contributed by atoms with E-state index in [1.165, 1.54) is 17.7 Å². The monoisotopic (exact) mass is 442 g/mol. The summed E-state index contributed by atoms with van der Waals surface area (Å²) in [5, 5.41) is 18.0. The van der Waals surface area contributed by atoms with Crippen LogP contribution in [0.2, 0.25) is 0 Å². The van der Waals surface area contributed by atoms with Crippen molar-refractivity contribution in [3.05, 3.63) is 28.6 Å². The summed E-state index contributed by atoms with van der Waals surface area (Å²) >= 11 is 1.70. The highest BCUT2D eigenvalue weighted by Gasteiger charge is 2.38. The molecule has 162 valence electrons. The Bertz CT molecular complexity index is 940. The molecule has 1 aromatic carbocycles. The Balaban J connectivity index is 0.000000318. The van der Waals surface area contributed by atoms with Crippen molar-refractivity contribution >= 4 is 34.0 Å². The van der Waals surface area contributed by atoms with Crippen LogP contribution in [0, 0.1) is 6.92 Å². The number of aliphatic carboxylic acids is 1. The number of nitrogens with one attached hydrogen (secondary N) is 3. The number of halogens is 3. The molecule has 0 spiro atoms. The highest BCUT2D eigenvalue weighted by atomic mass is 32.1. The predicted molar refractivity (Wildman–Crippen MR) is 108 cm³/mol. The number of amides is 1. The number of anilines is 2. The van der Waals surface area contributed by atoms with Crippen molar-refractivity contribution in [1.29, 1.82) is 0 Å². The van der Waals surface area contributed by atoms with Crippen LogP contribution in [0.1, 0.15) is 23.3 Å². The lowest BCUT2D eigenvalue weighted by molar-refractivity contribution is -0.192. The first kappa shape index (κ1) is 22.0. The molecular weight excluding hydrogens is 421 g/mol. The fourth-order valence-electron chi connectivity index (χ4n) is 3.25. The summed E-state index contributed by atoms with van der Waals surface area (Å²) in [4.78, 5) is 26.4. The van der Waals surface area contributed by atoms with E-state index in [-0.39, 0.29) is 5.91 Å². The fraction of sp³-hybridized carbons (Fsp3) is 0.421. The molecule has 1 atom stereocenters. The second-order valence-corrected chi connectivity index (χ2v) is 8.21. The van der Waals surface area contributed by atoms with Crippen LogP contribution in [0.15, 0.2) is 18.2 Å². The van der Waals surface area contributed by atoms with E-state index < -0.39 is 12.1 Å². The Labute approximate surface area is 174 Å². The zero-order chi connectivity index (χ0) is 21.9. The molecule has 0 radical (unpaired) electrons. The maximum atomic E-state index is 11.5. The molecule has 30 heavy (non-hydrogen) atoms. The number of fused-ring (bicyclic) bond motifs is 1. The molecule has 7 nitrogen and oxygen atoms in total. The quantitative estimate of drug-likeness (QED) is 0.581. The third-order valence-electron chi connectivity index (χ3n) is 4.67. The van der Waals surface area contributed by atoms with Crippen molar-refractivity contribution in [3.8, 4) is 11.3 Å². The first-order chi connectivity index (χ1) is 14.1. The van der Waals surface area contributed by atoms with Gasteiger partial charge in [-0.1, -0.05) is 6.07 Å². The number of carboxylic acids is 1. The summed E-state index contributed by atoms with van der Waals surface area (Å²) < 4.78 is 31.7. The van der Waals surface area contributed by atoms with Crippen molar-refractivity contribution in [2.75, 3.05) is 23.7 Å². The molecule has 0 bridgehead atoms. The highest BCUT2D eigenvalue weighted by Crippen LogP contribution is 2.34. The van der Waals surface area contributed by atoms with Crippen molar-refractivity contribution in [2.45, 2.75) is 38.4 Å². The van der Waals surface area contributed by atoms with Crippen molar-refractivity contribution in [1.82, 2.24) is 10.3 Å². The number of carbonyl (C=O) groups excluding carboxylic acids is 1. The summed E-state index contributed by atoms with van der Waals surface area (Å²) in [5.41, 5.74) is 4.09. The van der Waals surface area contributed by atoms with Gasteiger partial charge in [-0.25, -0.2) is 9.78 Å². The number of carboxylic acid groups (broad SMARTS) is 1. The van der Waals surface area contributed by atoms with Crippen LogP contribution in [0.3, 0.4) is 0 Å². The van der Waals surface area contributed by atoms with Crippen LogP contribution < -0.4 is 16.0 Å². The Morgan fingerprint density at radius 2 is 2.10 bits per heavy atom. The summed E-state index contributed by atoms with van der Waals surface area (Å²) in [6.45, 7) is 4.22. The lowest BCUT2D eigenvalue weighted by Gasteiger charge is -2.23. The SMILES string of the molecule is Cc1sc(NC2CCCNC2)nc1-c1ccc2c(c1)CC(=O)N2.O=C(O)C(F)(F)F. The number of benzene rings is 1. The van der Waals surface area contributed by atoms with Gasteiger partial charge < -0.3 is 21.1 Å². The highest BCUT2D eigenvalue weighted by molar-refractivity contribution is 7.16. The maximum absolute atomic E-state index is 11.5. The van der Waals surface area contributed by atoms with Crippen molar-refractivity contribution < 1.29 is 27.9 Å². The molecule has 2 aliphatic heterocycles. The van der Waals surface area contributed by atoms with Gasteiger partial charge in [0, 0.05) is 28.7 Å².